The summed E-state index contributed by atoms with van der Waals surface area (Å²) in [7, 11) is 0. The first-order valence-electron chi connectivity index (χ1n) is 8.15. The maximum absolute atomic E-state index is 4.31. The summed E-state index contributed by atoms with van der Waals surface area (Å²) in [4.78, 5) is 7.00. The van der Waals surface area contributed by atoms with Crippen LogP contribution in [0.5, 0.6) is 0 Å². The number of hydrogen-bond donors (Lipinski definition) is 1. The van der Waals surface area contributed by atoms with Gasteiger partial charge in [0.05, 0.1) is 0 Å². The predicted molar refractivity (Wildman–Crippen MR) is 81.8 cm³/mol. The maximum Gasteiger partial charge on any atom is 0.105 e. The third-order valence-electron chi connectivity index (χ3n) is 5.26. The molecule has 2 aliphatic rings. The number of rotatable bonds is 3. The Balaban J connectivity index is 1.60. The van der Waals surface area contributed by atoms with E-state index < -0.39 is 0 Å². The van der Waals surface area contributed by atoms with E-state index in [1.54, 1.807) is 0 Å². The molecule has 1 aromatic rings. The first-order chi connectivity index (χ1) is 9.69. The highest BCUT2D eigenvalue weighted by atomic mass is 15.3. The third kappa shape index (κ3) is 2.91. The van der Waals surface area contributed by atoms with Crippen LogP contribution in [0.2, 0.25) is 0 Å². The minimum absolute atomic E-state index is 0.411. The Hall–Kier alpha value is -0.870. The lowest BCUT2D eigenvalue weighted by Crippen LogP contribution is -2.64. The Morgan fingerprint density at radius 3 is 2.80 bits per heavy atom. The van der Waals surface area contributed by atoms with Gasteiger partial charge in [0.25, 0.3) is 0 Å². The van der Waals surface area contributed by atoms with E-state index in [9.17, 15) is 0 Å². The molecule has 1 spiro atoms. The quantitative estimate of drug-likeness (QED) is 0.918. The Labute approximate surface area is 122 Å². The molecule has 2 fully saturated rings. The zero-order chi connectivity index (χ0) is 14.0. The van der Waals surface area contributed by atoms with E-state index in [0.717, 1.165) is 25.5 Å². The highest BCUT2D eigenvalue weighted by Gasteiger charge is 2.38. The molecule has 0 amide bonds. The molecule has 20 heavy (non-hydrogen) atoms. The average molecular weight is 276 g/mol. The third-order valence-corrected chi connectivity index (χ3v) is 5.26. The average Bonchev–Trinajstić information content (AvgIpc) is 2.87. The zero-order valence-corrected chi connectivity index (χ0v) is 12.9. The molecule has 0 aromatic carbocycles. The normalized spacial score (nSPS) is 27.0. The van der Waals surface area contributed by atoms with Crippen LogP contribution in [0.25, 0.3) is 0 Å². The van der Waals surface area contributed by atoms with Crippen LogP contribution in [0.15, 0.2) is 12.4 Å². The molecule has 1 unspecified atom stereocenters. The summed E-state index contributed by atoms with van der Waals surface area (Å²) in [5.74, 6) is 1.13. The van der Waals surface area contributed by atoms with Gasteiger partial charge in [0.2, 0.25) is 0 Å². The fourth-order valence-electron chi connectivity index (χ4n) is 3.83. The summed E-state index contributed by atoms with van der Waals surface area (Å²) in [6.07, 6.45) is 10.9. The van der Waals surface area contributed by atoms with Crippen LogP contribution in [0.3, 0.4) is 0 Å². The van der Waals surface area contributed by atoms with E-state index in [0.29, 0.717) is 11.6 Å². The zero-order valence-electron chi connectivity index (χ0n) is 12.9. The van der Waals surface area contributed by atoms with Gasteiger partial charge in [0.15, 0.2) is 0 Å². The second-order valence-corrected chi connectivity index (χ2v) is 6.71. The standard InChI is InChI=1S/C16H28N4/c1-14-12-18-16(6-4-3-5-7-16)13-20(14)11-10-19-9-8-17-15(19)2/h8-9,14,18H,3-7,10-13H2,1-2H3. The number of hydrogen-bond acceptors (Lipinski definition) is 3. The van der Waals surface area contributed by atoms with Crippen molar-refractivity contribution in [3.05, 3.63) is 18.2 Å². The van der Waals surface area contributed by atoms with Crippen LogP contribution in [0.4, 0.5) is 0 Å². The summed E-state index contributed by atoms with van der Waals surface area (Å²) in [5.41, 5.74) is 0.411. The largest absolute Gasteiger partial charge is 0.334 e. The number of piperazine rings is 1. The van der Waals surface area contributed by atoms with Crippen LogP contribution in [-0.2, 0) is 6.54 Å². The first kappa shape index (κ1) is 14.1. The molecule has 1 saturated heterocycles. The van der Waals surface area contributed by atoms with Crippen molar-refractivity contribution in [3.8, 4) is 0 Å². The minimum atomic E-state index is 0.411. The van der Waals surface area contributed by atoms with Gasteiger partial charge in [0, 0.05) is 50.2 Å². The van der Waals surface area contributed by atoms with Crippen molar-refractivity contribution in [1.82, 2.24) is 19.8 Å². The minimum Gasteiger partial charge on any atom is -0.334 e. The van der Waals surface area contributed by atoms with Gasteiger partial charge >= 0.3 is 0 Å². The van der Waals surface area contributed by atoms with Crippen molar-refractivity contribution < 1.29 is 0 Å². The second kappa shape index (κ2) is 5.86. The van der Waals surface area contributed by atoms with Crippen LogP contribution in [0, 0.1) is 6.92 Å². The molecule has 1 aromatic heterocycles. The SMILES string of the molecule is Cc1nccn1CCN1CC2(CCCCC2)NCC1C. The topological polar surface area (TPSA) is 33.1 Å². The van der Waals surface area contributed by atoms with Crippen molar-refractivity contribution in [2.45, 2.75) is 64.1 Å². The fourth-order valence-corrected chi connectivity index (χ4v) is 3.83. The Morgan fingerprint density at radius 2 is 2.10 bits per heavy atom. The van der Waals surface area contributed by atoms with Gasteiger partial charge in [-0.3, -0.25) is 4.90 Å². The molecule has 4 nitrogen and oxygen atoms in total. The molecule has 1 aliphatic heterocycles. The van der Waals surface area contributed by atoms with Crippen molar-refractivity contribution in [2.75, 3.05) is 19.6 Å². The lowest BCUT2D eigenvalue weighted by Gasteiger charge is -2.49. The number of imidazole rings is 1. The van der Waals surface area contributed by atoms with Crippen molar-refractivity contribution in [3.63, 3.8) is 0 Å². The predicted octanol–water partition coefficient (Wildman–Crippen LogP) is 2.19. The van der Waals surface area contributed by atoms with E-state index in [4.69, 9.17) is 0 Å². The van der Waals surface area contributed by atoms with E-state index >= 15 is 0 Å². The molecule has 4 heteroatoms. The molecule has 1 saturated carbocycles. The van der Waals surface area contributed by atoms with Gasteiger partial charge in [-0.15, -0.1) is 0 Å². The number of aromatic nitrogens is 2. The van der Waals surface area contributed by atoms with Crippen molar-refractivity contribution >= 4 is 0 Å². The molecule has 3 rings (SSSR count). The molecule has 112 valence electrons. The molecule has 2 heterocycles. The number of aryl methyl sites for hydroxylation is 1. The van der Waals surface area contributed by atoms with Crippen molar-refractivity contribution in [2.24, 2.45) is 0 Å². The van der Waals surface area contributed by atoms with Crippen LogP contribution in [0.1, 0.15) is 44.9 Å². The van der Waals surface area contributed by atoms with E-state index in [2.05, 4.69) is 39.8 Å². The van der Waals surface area contributed by atoms with E-state index in [-0.39, 0.29) is 0 Å². The smallest absolute Gasteiger partial charge is 0.105 e. The molecule has 1 N–H and O–H groups in total. The first-order valence-corrected chi connectivity index (χ1v) is 8.15. The summed E-state index contributed by atoms with van der Waals surface area (Å²) in [6, 6.07) is 0.645. The Bertz CT molecular complexity index is 433. The number of nitrogens with one attached hydrogen (secondary N) is 1. The Kier molecular flexibility index (Phi) is 4.13. The lowest BCUT2D eigenvalue weighted by atomic mass is 9.79. The summed E-state index contributed by atoms with van der Waals surface area (Å²) in [5, 5.41) is 3.86. The van der Waals surface area contributed by atoms with E-state index in [1.165, 1.54) is 38.6 Å². The molecule has 1 atom stereocenters. The maximum atomic E-state index is 4.31. The summed E-state index contributed by atoms with van der Waals surface area (Å²) >= 11 is 0. The van der Waals surface area contributed by atoms with Gasteiger partial charge in [-0.2, -0.15) is 0 Å². The highest BCUT2D eigenvalue weighted by Crippen LogP contribution is 2.31. The van der Waals surface area contributed by atoms with Gasteiger partial charge in [0.1, 0.15) is 5.82 Å². The Morgan fingerprint density at radius 1 is 1.30 bits per heavy atom. The molecule has 1 aliphatic carbocycles. The van der Waals surface area contributed by atoms with E-state index in [1.807, 2.05) is 6.20 Å². The van der Waals surface area contributed by atoms with Gasteiger partial charge in [-0.1, -0.05) is 19.3 Å². The van der Waals surface area contributed by atoms with Crippen LogP contribution in [-0.4, -0.2) is 45.7 Å². The number of nitrogens with zero attached hydrogens (tertiary/aromatic N) is 3. The molecular weight excluding hydrogens is 248 g/mol. The molecule has 0 radical (unpaired) electrons. The summed E-state index contributed by atoms with van der Waals surface area (Å²) < 4.78 is 2.27. The van der Waals surface area contributed by atoms with Gasteiger partial charge in [-0.25, -0.2) is 4.98 Å². The molecular formula is C16H28N4. The van der Waals surface area contributed by atoms with Crippen LogP contribution >= 0.6 is 0 Å². The van der Waals surface area contributed by atoms with Crippen molar-refractivity contribution in [1.29, 1.82) is 0 Å². The van der Waals surface area contributed by atoms with Gasteiger partial charge in [-0.05, 0) is 26.7 Å². The monoisotopic (exact) mass is 276 g/mol. The lowest BCUT2D eigenvalue weighted by molar-refractivity contribution is 0.0602. The fraction of sp³-hybridized carbons (Fsp3) is 0.812. The van der Waals surface area contributed by atoms with Gasteiger partial charge < -0.3 is 9.88 Å². The second-order valence-electron chi connectivity index (χ2n) is 6.71. The molecule has 0 bridgehead atoms. The van der Waals surface area contributed by atoms with Crippen LogP contribution < -0.4 is 5.32 Å². The highest BCUT2D eigenvalue weighted by molar-refractivity contribution is 4.99. The summed E-state index contributed by atoms with van der Waals surface area (Å²) in [6.45, 7) is 9.01.